The van der Waals surface area contributed by atoms with Gasteiger partial charge in [0, 0.05) is 18.0 Å². The fraction of sp³-hybridized carbons (Fsp3) is 0.167. The van der Waals surface area contributed by atoms with E-state index < -0.39 is 0 Å². The van der Waals surface area contributed by atoms with E-state index in [0.29, 0.717) is 16.7 Å². The lowest BCUT2D eigenvalue weighted by molar-refractivity contribution is 0.441. The van der Waals surface area contributed by atoms with Crippen molar-refractivity contribution in [2.24, 2.45) is 0 Å². The monoisotopic (exact) mass is 268 g/mol. The highest BCUT2D eigenvalue weighted by molar-refractivity contribution is 6.32. The molecule has 1 aromatic heterocycles. The third kappa shape index (κ3) is 3.08. The molecule has 0 radical (unpaired) electrons. The lowest BCUT2D eigenvalue weighted by Gasteiger charge is -2.06. The summed E-state index contributed by atoms with van der Waals surface area (Å²) < 4.78 is 5.49. The molecule has 5 heteroatoms. The van der Waals surface area contributed by atoms with Crippen LogP contribution in [0.25, 0.3) is 0 Å². The largest absolute Gasteiger partial charge is 0.423 e. The topological polar surface area (TPSA) is 35.0 Å². The molecule has 2 rings (SSSR count). The van der Waals surface area contributed by atoms with Gasteiger partial charge in [-0.3, -0.25) is 0 Å². The number of aromatic nitrogens is 2. The Balaban J connectivity index is 2.22. The molecule has 0 aliphatic heterocycles. The second kappa shape index (κ2) is 5.34. The van der Waals surface area contributed by atoms with Gasteiger partial charge in [-0.1, -0.05) is 17.7 Å². The Morgan fingerprint density at radius 1 is 1.24 bits per heavy atom. The molecule has 1 aromatic carbocycles. The predicted octanol–water partition coefficient (Wildman–Crippen LogP) is 3.97. The molecule has 17 heavy (non-hydrogen) atoms. The zero-order valence-corrected chi connectivity index (χ0v) is 10.7. The van der Waals surface area contributed by atoms with Gasteiger partial charge in [-0.05, 0) is 24.6 Å². The Morgan fingerprint density at radius 2 is 1.94 bits per heavy atom. The lowest BCUT2D eigenvalue weighted by Crippen LogP contribution is -1.93. The van der Waals surface area contributed by atoms with Crippen LogP contribution < -0.4 is 4.74 Å². The molecule has 1 heterocycles. The number of hydrogen-bond donors (Lipinski definition) is 0. The van der Waals surface area contributed by atoms with E-state index in [1.165, 1.54) is 0 Å². The molecule has 0 atom stereocenters. The zero-order chi connectivity index (χ0) is 12.3. The van der Waals surface area contributed by atoms with Gasteiger partial charge in [0.25, 0.3) is 0 Å². The molecule has 0 N–H and O–H groups in total. The molecule has 0 unspecified atom stereocenters. The number of hydrogen-bond acceptors (Lipinski definition) is 3. The minimum atomic E-state index is 0.256. The average Bonchev–Trinajstić information content (AvgIpc) is 2.35. The second-order valence-electron chi connectivity index (χ2n) is 3.54. The van der Waals surface area contributed by atoms with Gasteiger partial charge in [-0.15, -0.1) is 11.6 Å². The van der Waals surface area contributed by atoms with Crippen LogP contribution in [0.3, 0.4) is 0 Å². The molecule has 0 saturated carbocycles. The maximum atomic E-state index is 6.00. The number of alkyl halides is 1. The van der Waals surface area contributed by atoms with Crippen LogP contribution in [-0.2, 0) is 5.88 Å². The number of rotatable bonds is 3. The summed E-state index contributed by atoms with van der Waals surface area (Å²) in [7, 11) is 0. The normalized spacial score (nSPS) is 10.3. The van der Waals surface area contributed by atoms with Crippen molar-refractivity contribution in [2.45, 2.75) is 12.8 Å². The minimum absolute atomic E-state index is 0.256. The molecule has 0 fully saturated rings. The molecule has 0 saturated heterocycles. The summed E-state index contributed by atoms with van der Waals surface area (Å²) in [5, 5.41) is 0.528. The van der Waals surface area contributed by atoms with Crippen LogP contribution >= 0.6 is 23.2 Å². The highest BCUT2D eigenvalue weighted by atomic mass is 35.5. The fourth-order valence-electron chi connectivity index (χ4n) is 1.25. The van der Waals surface area contributed by atoms with Crippen LogP contribution in [0.5, 0.6) is 11.8 Å². The average molecular weight is 269 g/mol. The van der Waals surface area contributed by atoms with Crippen LogP contribution in [0.15, 0.2) is 30.6 Å². The lowest BCUT2D eigenvalue weighted by atomic mass is 10.2. The zero-order valence-electron chi connectivity index (χ0n) is 9.15. The maximum absolute atomic E-state index is 6.00. The molecule has 2 aromatic rings. The molecule has 0 spiro atoms. The van der Waals surface area contributed by atoms with Gasteiger partial charge < -0.3 is 4.74 Å². The van der Waals surface area contributed by atoms with Crippen molar-refractivity contribution in [3.05, 3.63) is 46.7 Å². The number of nitrogens with zero attached hydrogens (tertiary/aromatic N) is 2. The third-order valence-electron chi connectivity index (χ3n) is 2.12. The molecule has 3 nitrogen and oxygen atoms in total. The van der Waals surface area contributed by atoms with E-state index in [0.717, 1.165) is 11.1 Å². The SMILES string of the molecule is Cc1ccc(Cl)c(Oc2ncc(CCl)cn2)c1. The van der Waals surface area contributed by atoms with E-state index in [4.69, 9.17) is 27.9 Å². The predicted molar refractivity (Wildman–Crippen MR) is 67.9 cm³/mol. The summed E-state index contributed by atoms with van der Waals surface area (Å²) in [5.74, 6) is 0.927. The van der Waals surface area contributed by atoms with E-state index >= 15 is 0 Å². The van der Waals surface area contributed by atoms with E-state index in [1.807, 2.05) is 19.1 Å². The van der Waals surface area contributed by atoms with E-state index in [9.17, 15) is 0 Å². The second-order valence-corrected chi connectivity index (χ2v) is 4.22. The summed E-state index contributed by atoms with van der Waals surface area (Å²) in [6.45, 7) is 1.96. The van der Waals surface area contributed by atoms with Gasteiger partial charge in [-0.2, -0.15) is 0 Å². The highest BCUT2D eigenvalue weighted by Gasteiger charge is 2.05. The highest BCUT2D eigenvalue weighted by Crippen LogP contribution is 2.28. The molecular weight excluding hydrogens is 259 g/mol. The maximum Gasteiger partial charge on any atom is 0.321 e. The van der Waals surface area contributed by atoms with Crippen LogP contribution in [0, 0.1) is 6.92 Å². The van der Waals surface area contributed by atoms with Crippen LogP contribution in [0.1, 0.15) is 11.1 Å². The van der Waals surface area contributed by atoms with Crippen molar-refractivity contribution in [3.63, 3.8) is 0 Å². The Bertz CT molecular complexity index is 514. The fourth-order valence-corrected chi connectivity index (χ4v) is 1.55. The Morgan fingerprint density at radius 3 is 2.59 bits per heavy atom. The molecule has 88 valence electrons. The third-order valence-corrected chi connectivity index (χ3v) is 2.74. The van der Waals surface area contributed by atoms with Crippen molar-refractivity contribution < 1.29 is 4.74 Å². The van der Waals surface area contributed by atoms with Gasteiger partial charge in [0.2, 0.25) is 0 Å². The quantitative estimate of drug-likeness (QED) is 0.791. The van der Waals surface area contributed by atoms with E-state index in [-0.39, 0.29) is 6.01 Å². The van der Waals surface area contributed by atoms with Gasteiger partial charge >= 0.3 is 6.01 Å². The van der Waals surface area contributed by atoms with Crippen molar-refractivity contribution in [1.29, 1.82) is 0 Å². The molecule has 0 bridgehead atoms. The van der Waals surface area contributed by atoms with Crippen LogP contribution in [0.2, 0.25) is 5.02 Å². The first kappa shape index (κ1) is 12.1. The summed E-state index contributed by atoms with van der Waals surface area (Å²) >= 11 is 11.6. The van der Waals surface area contributed by atoms with E-state index in [2.05, 4.69) is 9.97 Å². The summed E-state index contributed by atoms with van der Waals surface area (Å²) in [5.41, 5.74) is 1.90. The summed E-state index contributed by atoms with van der Waals surface area (Å²) in [4.78, 5) is 8.08. The Hall–Kier alpha value is -1.32. The van der Waals surface area contributed by atoms with Gasteiger partial charge in [0.05, 0.1) is 10.9 Å². The summed E-state index contributed by atoms with van der Waals surface area (Å²) in [6.07, 6.45) is 3.25. The van der Waals surface area contributed by atoms with Crippen LogP contribution in [-0.4, -0.2) is 9.97 Å². The smallest absolute Gasteiger partial charge is 0.321 e. The van der Waals surface area contributed by atoms with Crippen LogP contribution in [0.4, 0.5) is 0 Å². The molecule has 0 aliphatic carbocycles. The first-order chi connectivity index (χ1) is 8.19. The molecule has 0 amide bonds. The van der Waals surface area contributed by atoms with Crippen molar-refractivity contribution in [3.8, 4) is 11.8 Å². The Kier molecular flexibility index (Phi) is 3.82. The Labute approximate surface area is 109 Å². The first-order valence-electron chi connectivity index (χ1n) is 5.00. The first-order valence-corrected chi connectivity index (χ1v) is 5.91. The number of halogens is 2. The number of ether oxygens (including phenoxy) is 1. The van der Waals surface area contributed by atoms with Crippen molar-refractivity contribution in [2.75, 3.05) is 0 Å². The van der Waals surface area contributed by atoms with Gasteiger partial charge in [0.15, 0.2) is 0 Å². The molecule has 0 aliphatic rings. The standard InChI is InChI=1S/C12H10Cl2N2O/c1-8-2-3-10(14)11(4-8)17-12-15-6-9(5-13)7-16-12/h2-4,6-7H,5H2,1H3. The number of aryl methyl sites for hydroxylation is 1. The summed E-state index contributed by atoms with van der Waals surface area (Å²) in [6, 6.07) is 5.78. The van der Waals surface area contributed by atoms with Crippen molar-refractivity contribution in [1.82, 2.24) is 9.97 Å². The van der Waals surface area contributed by atoms with Gasteiger partial charge in [-0.25, -0.2) is 9.97 Å². The minimum Gasteiger partial charge on any atom is -0.423 e. The molecular formula is C12H10Cl2N2O. The van der Waals surface area contributed by atoms with Gasteiger partial charge in [0.1, 0.15) is 5.75 Å². The van der Waals surface area contributed by atoms with E-state index in [1.54, 1.807) is 18.5 Å². The number of benzene rings is 1. The van der Waals surface area contributed by atoms with Crippen molar-refractivity contribution >= 4 is 23.2 Å².